The molecule has 0 spiro atoms. The number of rotatable bonds is 5. The van der Waals surface area contributed by atoms with Crippen molar-refractivity contribution in [1.82, 2.24) is 9.80 Å². The Morgan fingerprint density at radius 3 is 2.43 bits per heavy atom. The van der Waals surface area contributed by atoms with E-state index in [-0.39, 0.29) is 43.0 Å². The van der Waals surface area contributed by atoms with Crippen LogP contribution in [-0.4, -0.2) is 70.6 Å². The number of amides is 2. The van der Waals surface area contributed by atoms with Crippen LogP contribution in [0.3, 0.4) is 0 Å². The summed E-state index contributed by atoms with van der Waals surface area (Å²) >= 11 is 0. The quantitative estimate of drug-likeness (QED) is 0.710. The van der Waals surface area contributed by atoms with Crippen molar-refractivity contribution in [3.05, 3.63) is 0 Å². The summed E-state index contributed by atoms with van der Waals surface area (Å²) in [5, 5.41) is 8.60. The number of piperidine rings is 1. The van der Waals surface area contributed by atoms with Crippen LogP contribution in [0.15, 0.2) is 0 Å². The molecule has 3 aliphatic rings. The number of carboxylic acid groups (broad SMARTS) is 1. The van der Waals surface area contributed by atoms with Gasteiger partial charge >= 0.3 is 5.97 Å². The molecule has 2 heterocycles. The second-order valence-electron chi connectivity index (χ2n) is 5.99. The lowest BCUT2D eigenvalue weighted by Crippen LogP contribution is -2.47. The summed E-state index contributed by atoms with van der Waals surface area (Å²) in [6, 6.07) is -0.176. The Morgan fingerprint density at radius 1 is 1.19 bits per heavy atom. The predicted octanol–water partition coefficient (Wildman–Crippen LogP) is -0.158. The fourth-order valence-corrected chi connectivity index (χ4v) is 3.18. The van der Waals surface area contributed by atoms with E-state index in [2.05, 4.69) is 0 Å². The van der Waals surface area contributed by atoms with E-state index < -0.39 is 5.97 Å². The number of carboxylic acids is 1. The van der Waals surface area contributed by atoms with Gasteiger partial charge in [0.15, 0.2) is 0 Å². The SMILES string of the molecule is O=C(O)COC1CCN(C2CC(=O)N(C3CC3)C2=O)CC1. The number of hydrogen-bond donors (Lipinski definition) is 1. The lowest BCUT2D eigenvalue weighted by Gasteiger charge is -2.34. The number of hydrogen-bond acceptors (Lipinski definition) is 5. The van der Waals surface area contributed by atoms with Crippen LogP contribution in [0.4, 0.5) is 0 Å². The van der Waals surface area contributed by atoms with Crippen molar-refractivity contribution in [1.29, 1.82) is 0 Å². The first kappa shape index (κ1) is 14.5. The lowest BCUT2D eigenvalue weighted by atomic mass is 10.0. The number of ether oxygens (including phenoxy) is 1. The second-order valence-corrected chi connectivity index (χ2v) is 5.99. The maximum Gasteiger partial charge on any atom is 0.329 e. The van der Waals surface area contributed by atoms with Gasteiger partial charge in [0, 0.05) is 19.1 Å². The van der Waals surface area contributed by atoms with E-state index in [1.807, 2.05) is 4.90 Å². The summed E-state index contributed by atoms with van der Waals surface area (Å²) in [7, 11) is 0. The Morgan fingerprint density at radius 2 is 1.86 bits per heavy atom. The van der Waals surface area contributed by atoms with Crippen LogP contribution in [0.1, 0.15) is 32.1 Å². The molecule has 1 atom stereocenters. The summed E-state index contributed by atoms with van der Waals surface area (Å²) in [5.41, 5.74) is 0. The zero-order valence-corrected chi connectivity index (χ0v) is 11.9. The smallest absolute Gasteiger partial charge is 0.329 e. The van der Waals surface area contributed by atoms with Crippen molar-refractivity contribution < 1.29 is 24.2 Å². The molecule has 2 amide bonds. The standard InChI is InChI=1S/C14H20N2O5/c17-12-7-11(14(20)16(12)9-1-2-9)15-5-3-10(4-6-15)21-8-13(18)19/h9-11H,1-8H2,(H,18,19). The van der Waals surface area contributed by atoms with Gasteiger partial charge in [-0.1, -0.05) is 0 Å². The molecule has 3 rings (SSSR count). The van der Waals surface area contributed by atoms with Crippen LogP contribution < -0.4 is 0 Å². The average molecular weight is 296 g/mol. The van der Waals surface area contributed by atoms with Crippen molar-refractivity contribution in [3.8, 4) is 0 Å². The van der Waals surface area contributed by atoms with Crippen molar-refractivity contribution in [2.24, 2.45) is 0 Å². The highest BCUT2D eigenvalue weighted by molar-refractivity contribution is 6.06. The van der Waals surface area contributed by atoms with E-state index in [0.717, 1.165) is 12.8 Å². The van der Waals surface area contributed by atoms with Crippen molar-refractivity contribution in [3.63, 3.8) is 0 Å². The highest BCUT2D eigenvalue weighted by Crippen LogP contribution is 2.33. The average Bonchev–Trinajstić information content (AvgIpc) is 3.23. The molecule has 2 saturated heterocycles. The summed E-state index contributed by atoms with van der Waals surface area (Å²) in [6.07, 6.45) is 3.51. The fourth-order valence-electron chi connectivity index (χ4n) is 3.18. The molecular weight excluding hydrogens is 276 g/mol. The topological polar surface area (TPSA) is 87.2 Å². The molecule has 0 aromatic rings. The molecule has 3 fully saturated rings. The monoisotopic (exact) mass is 296 g/mol. The number of nitrogens with zero attached hydrogens (tertiary/aromatic N) is 2. The van der Waals surface area contributed by atoms with Crippen LogP contribution in [0.2, 0.25) is 0 Å². The molecule has 21 heavy (non-hydrogen) atoms. The number of carbonyl (C=O) groups excluding carboxylic acids is 2. The summed E-state index contributed by atoms with van der Waals surface area (Å²) in [4.78, 5) is 38.3. The van der Waals surface area contributed by atoms with Gasteiger partial charge in [0.25, 0.3) is 0 Å². The highest BCUT2D eigenvalue weighted by atomic mass is 16.5. The first-order valence-electron chi connectivity index (χ1n) is 7.49. The van der Waals surface area contributed by atoms with Crippen LogP contribution in [0.25, 0.3) is 0 Å². The first-order chi connectivity index (χ1) is 10.1. The van der Waals surface area contributed by atoms with E-state index in [1.54, 1.807) is 0 Å². The Balaban J connectivity index is 1.51. The normalized spacial score (nSPS) is 28.4. The van der Waals surface area contributed by atoms with Gasteiger partial charge in [0.2, 0.25) is 11.8 Å². The fraction of sp³-hybridized carbons (Fsp3) is 0.786. The molecular formula is C14H20N2O5. The Bertz CT molecular complexity index is 454. The molecule has 0 aromatic carbocycles. The lowest BCUT2D eigenvalue weighted by molar-refractivity contribution is -0.145. The molecule has 0 radical (unpaired) electrons. The molecule has 1 saturated carbocycles. The van der Waals surface area contributed by atoms with Gasteiger partial charge in [0.1, 0.15) is 6.61 Å². The molecule has 116 valence electrons. The molecule has 7 nitrogen and oxygen atoms in total. The third kappa shape index (κ3) is 3.08. The third-order valence-electron chi connectivity index (χ3n) is 4.43. The minimum Gasteiger partial charge on any atom is -0.480 e. The number of likely N-dealkylation sites (tertiary alicyclic amines) is 2. The molecule has 1 unspecified atom stereocenters. The van der Waals surface area contributed by atoms with E-state index >= 15 is 0 Å². The third-order valence-corrected chi connectivity index (χ3v) is 4.43. The second kappa shape index (κ2) is 5.73. The minimum atomic E-state index is -0.964. The maximum atomic E-state index is 12.3. The molecule has 1 aliphatic carbocycles. The number of carbonyl (C=O) groups is 3. The summed E-state index contributed by atoms with van der Waals surface area (Å²) in [5.74, 6) is -1.06. The van der Waals surface area contributed by atoms with Crippen LogP contribution in [0, 0.1) is 0 Å². The number of aliphatic carboxylic acids is 1. The Hall–Kier alpha value is -1.47. The largest absolute Gasteiger partial charge is 0.480 e. The van der Waals surface area contributed by atoms with Crippen LogP contribution >= 0.6 is 0 Å². The molecule has 2 aliphatic heterocycles. The van der Waals surface area contributed by atoms with Gasteiger partial charge in [-0.05, 0) is 25.7 Å². The maximum absolute atomic E-state index is 12.3. The predicted molar refractivity (Wildman–Crippen MR) is 71.5 cm³/mol. The van der Waals surface area contributed by atoms with E-state index in [0.29, 0.717) is 25.9 Å². The molecule has 0 bridgehead atoms. The number of imide groups is 1. The Labute approximate surface area is 122 Å². The van der Waals surface area contributed by atoms with Gasteiger partial charge in [-0.2, -0.15) is 0 Å². The molecule has 0 aromatic heterocycles. The van der Waals surface area contributed by atoms with E-state index in [9.17, 15) is 14.4 Å². The van der Waals surface area contributed by atoms with Gasteiger partial charge in [-0.15, -0.1) is 0 Å². The zero-order chi connectivity index (χ0) is 15.0. The van der Waals surface area contributed by atoms with Crippen molar-refractivity contribution in [2.45, 2.75) is 50.3 Å². The molecule has 1 N–H and O–H groups in total. The van der Waals surface area contributed by atoms with E-state index in [4.69, 9.17) is 9.84 Å². The van der Waals surface area contributed by atoms with Crippen LogP contribution in [0.5, 0.6) is 0 Å². The van der Waals surface area contributed by atoms with Gasteiger partial charge in [-0.3, -0.25) is 19.4 Å². The van der Waals surface area contributed by atoms with Gasteiger partial charge in [-0.25, -0.2) is 4.79 Å². The van der Waals surface area contributed by atoms with E-state index in [1.165, 1.54) is 4.90 Å². The Kier molecular flexibility index (Phi) is 3.95. The van der Waals surface area contributed by atoms with Gasteiger partial charge < -0.3 is 9.84 Å². The molecule has 7 heteroatoms. The summed E-state index contributed by atoms with van der Waals surface area (Å²) in [6.45, 7) is 1.07. The zero-order valence-electron chi connectivity index (χ0n) is 11.9. The highest BCUT2D eigenvalue weighted by Gasteiger charge is 2.48. The first-order valence-corrected chi connectivity index (χ1v) is 7.49. The van der Waals surface area contributed by atoms with Crippen molar-refractivity contribution >= 4 is 17.8 Å². The van der Waals surface area contributed by atoms with Crippen LogP contribution in [-0.2, 0) is 19.1 Å². The van der Waals surface area contributed by atoms with Gasteiger partial charge in [0.05, 0.1) is 18.6 Å². The minimum absolute atomic E-state index is 0.0447. The van der Waals surface area contributed by atoms with Crippen molar-refractivity contribution in [2.75, 3.05) is 19.7 Å². The summed E-state index contributed by atoms with van der Waals surface area (Å²) < 4.78 is 5.28.